The Kier molecular flexibility index (Phi) is 2.90. The first-order chi connectivity index (χ1) is 7.00. The average Bonchev–Trinajstić information content (AvgIpc) is 2.78. The molecule has 0 spiro atoms. The molecule has 15 heavy (non-hydrogen) atoms. The van der Waals surface area contributed by atoms with E-state index in [0.717, 1.165) is 29.6 Å². The van der Waals surface area contributed by atoms with Crippen LogP contribution in [0.25, 0.3) is 0 Å². The molecule has 88 valence electrons. The minimum Gasteiger partial charge on any atom is -0.0651 e. The van der Waals surface area contributed by atoms with Crippen molar-refractivity contribution in [2.24, 2.45) is 35.0 Å². The molecule has 5 atom stereocenters. The van der Waals surface area contributed by atoms with Crippen molar-refractivity contribution in [1.82, 2.24) is 0 Å². The minimum atomic E-state index is 0.701. The summed E-state index contributed by atoms with van der Waals surface area (Å²) in [7, 11) is 0. The van der Waals surface area contributed by atoms with Gasteiger partial charge in [-0.05, 0) is 54.3 Å². The van der Waals surface area contributed by atoms with E-state index >= 15 is 0 Å². The standard InChI is InChI=1S/C15H28/c1-6-12-7-8-13(12)11(4)15(5)9-14(15)10(2)3/h10-14H,6-9H2,1-5H3. The van der Waals surface area contributed by atoms with Crippen molar-refractivity contribution < 1.29 is 0 Å². The largest absolute Gasteiger partial charge is 0.0651 e. The third kappa shape index (κ3) is 1.74. The molecule has 0 aromatic heterocycles. The lowest BCUT2D eigenvalue weighted by molar-refractivity contribution is 0.0617. The van der Waals surface area contributed by atoms with E-state index in [-0.39, 0.29) is 0 Å². The van der Waals surface area contributed by atoms with Gasteiger partial charge in [0.05, 0.1) is 0 Å². The van der Waals surface area contributed by atoms with E-state index in [1.165, 1.54) is 25.7 Å². The molecule has 0 aliphatic heterocycles. The van der Waals surface area contributed by atoms with Crippen LogP contribution in [0.15, 0.2) is 0 Å². The maximum Gasteiger partial charge on any atom is -0.0264 e. The van der Waals surface area contributed by atoms with Gasteiger partial charge in [-0.25, -0.2) is 0 Å². The van der Waals surface area contributed by atoms with Gasteiger partial charge in [-0.15, -0.1) is 0 Å². The van der Waals surface area contributed by atoms with Gasteiger partial charge in [0.15, 0.2) is 0 Å². The van der Waals surface area contributed by atoms with Gasteiger partial charge in [0.2, 0.25) is 0 Å². The molecule has 0 N–H and O–H groups in total. The van der Waals surface area contributed by atoms with Gasteiger partial charge in [0.1, 0.15) is 0 Å². The maximum atomic E-state index is 2.55. The van der Waals surface area contributed by atoms with Crippen LogP contribution in [0.4, 0.5) is 0 Å². The quantitative estimate of drug-likeness (QED) is 0.626. The maximum absolute atomic E-state index is 2.55. The zero-order chi connectivity index (χ0) is 11.2. The SMILES string of the molecule is CCC1CCC1C(C)C1(C)CC1C(C)C. The third-order valence-electron chi connectivity index (χ3n) is 5.83. The monoisotopic (exact) mass is 208 g/mol. The Morgan fingerprint density at radius 3 is 2.20 bits per heavy atom. The first kappa shape index (κ1) is 11.5. The van der Waals surface area contributed by atoms with Crippen molar-refractivity contribution in [3.05, 3.63) is 0 Å². The molecule has 0 aromatic carbocycles. The van der Waals surface area contributed by atoms with Crippen molar-refractivity contribution in [1.29, 1.82) is 0 Å². The summed E-state index contributed by atoms with van der Waals surface area (Å²) in [5, 5.41) is 0. The summed E-state index contributed by atoms with van der Waals surface area (Å²) in [4.78, 5) is 0. The fraction of sp³-hybridized carbons (Fsp3) is 1.00. The molecule has 0 radical (unpaired) electrons. The van der Waals surface area contributed by atoms with Crippen LogP contribution in [-0.2, 0) is 0 Å². The molecule has 0 heterocycles. The highest BCUT2D eigenvalue weighted by Crippen LogP contribution is 2.65. The normalized spacial score (nSPS) is 46.4. The zero-order valence-electron chi connectivity index (χ0n) is 11.2. The van der Waals surface area contributed by atoms with Crippen LogP contribution in [0.5, 0.6) is 0 Å². The molecule has 2 aliphatic rings. The molecule has 2 rings (SSSR count). The Morgan fingerprint density at radius 1 is 1.20 bits per heavy atom. The molecule has 0 bridgehead atoms. The second kappa shape index (κ2) is 3.79. The summed E-state index contributed by atoms with van der Waals surface area (Å²) in [6.45, 7) is 12.3. The predicted octanol–water partition coefficient (Wildman–Crippen LogP) is 4.74. The molecule has 5 unspecified atom stereocenters. The highest BCUT2D eigenvalue weighted by Gasteiger charge is 2.57. The van der Waals surface area contributed by atoms with Gasteiger partial charge in [-0.2, -0.15) is 0 Å². The van der Waals surface area contributed by atoms with Crippen LogP contribution in [0.3, 0.4) is 0 Å². The van der Waals surface area contributed by atoms with Gasteiger partial charge in [-0.3, -0.25) is 0 Å². The second-order valence-corrected chi connectivity index (χ2v) is 6.76. The van der Waals surface area contributed by atoms with Crippen molar-refractivity contribution in [3.63, 3.8) is 0 Å². The van der Waals surface area contributed by atoms with Crippen molar-refractivity contribution in [3.8, 4) is 0 Å². The third-order valence-corrected chi connectivity index (χ3v) is 5.83. The molecule has 0 nitrogen and oxygen atoms in total. The molecular weight excluding hydrogens is 180 g/mol. The lowest BCUT2D eigenvalue weighted by Crippen LogP contribution is -2.35. The molecule has 2 saturated carbocycles. The summed E-state index contributed by atoms with van der Waals surface area (Å²) in [6.07, 6.45) is 5.93. The van der Waals surface area contributed by atoms with E-state index in [4.69, 9.17) is 0 Å². The van der Waals surface area contributed by atoms with E-state index in [2.05, 4.69) is 34.6 Å². The lowest BCUT2D eigenvalue weighted by Gasteiger charge is -2.43. The highest BCUT2D eigenvalue weighted by atomic mass is 14.6. The van der Waals surface area contributed by atoms with Crippen molar-refractivity contribution >= 4 is 0 Å². The van der Waals surface area contributed by atoms with Gasteiger partial charge >= 0.3 is 0 Å². The van der Waals surface area contributed by atoms with Crippen LogP contribution in [-0.4, -0.2) is 0 Å². The fourth-order valence-electron chi connectivity index (χ4n) is 4.18. The van der Waals surface area contributed by atoms with Crippen LogP contribution < -0.4 is 0 Å². The minimum absolute atomic E-state index is 0.701. The molecule has 0 heteroatoms. The fourth-order valence-corrected chi connectivity index (χ4v) is 4.18. The Morgan fingerprint density at radius 2 is 1.87 bits per heavy atom. The van der Waals surface area contributed by atoms with Crippen LogP contribution in [0, 0.1) is 35.0 Å². The second-order valence-electron chi connectivity index (χ2n) is 6.76. The van der Waals surface area contributed by atoms with Gasteiger partial charge in [0, 0.05) is 0 Å². The lowest BCUT2D eigenvalue weighted by atomic mass is 9.62. The Hall–Kier alpha value is 0. The van der Waals surface area contributed by atoms with Crippen molar-refractivity contribution in [2.45, 2.75) is 60.3 Å². The van der Waals surface area contributed by atoms with E-state index < -0.39 is 0 Å². The van der Waals surface area contributed by atoms with Crippen LogP contribution in [0.2, 0.25) is 0 Å². The number of hydrogen-bond acceptors (Lipinski definition) is 0. The molecule has 0 saturated heterocycles. The van der Waals surface area contributed by atoms with Gasteiger partial charge in [-0.1, -0.05) is 41.0 Å². The molecule has 0 amide bonds. The smallest absolute Gasteiger partial charge is 0.0264 e. The summed E-state index contributed by atoms with van der Waals surface area (Å²) in [5.41, 5.74) is 0.701. The first-order valence-electron chi connectivity index (χ1n) is 7.00. The Bertz CT molecular complexity index is 228. The number of hydrogen-bond donors (Lipinski definition) is 0. The van der Waals surface area contributed by atoms with E-state index in [1.807, 2.05) is 0 Å². The van der Waals surface area contributed by atoms with Crippen LogP contribution >= 0.6 is 0 Å². The van der Waals surface area contributed by atoms with E-state index in [0.29, 0.717) is 5.41 Å². The molecule has 2 fully saturated rings. The summed E-state index contributed by atoms with van der Waals surface area (Å²) in [6, 6.07) is 0. The molecular formula is C15H28. The highest BCUT2D eigenvalue weighted by molar-refractivity contribution is 5.06. The molecule has 0 aromatic rings. The topological polar surface area (TPSA) is 0 Å². The summed E-state index contributed by atoms with van der Waals surface area (Å²) >= 11 is 0. The Balaban J connectivity index is 1.95. The zero-order valence-corrected chi connectivity index (χ0v) is 11.2. The molecule has 2 aliphatic carbocycles. The average molecular weight is 208 g/mol. The first-order valence-corrected chi connectivity index (χ1v) is 7.00. The van der Waals surface area contributed by atoms with Crippen LogP contribution in [0.1, 0.15) is 60.3 Å². The summed E-state index contributed by atoms with van der Waals surface area (Å²) < 4.78 is 0. The summed E-state index contributed by atoms with van der Waals surface area (Å²) in [5.74, 6) is 5.01. The van der Waals surface area contributed by atoms with E-state index in [9.17, 15) is 0 Å². The predicted molar refractivity (Wildman–Crippen MR) is 66.7 cm³/mol. The van der Waals surface area contributed by atoms with Crippen molar-refractivity contribution in [2.75, 3.05) is 0 Å². The Labute approximate surface area is 95.8 Å². The van der Waals surface area contributed by atoms with Gasteiger partial charge in [0.25, 0.3) is 0 Å². The number of rotatable bonds is 4. The van der Waals surface area contributed by atoms with E-state index in [1.54, 1.807) is 0 Å². The van der Waals surface area contributed by atoms with Gasteiger partial charge < -0.3 is 0 Å².